The average molecular weight is 245 g/mol. The van der Waals surface area contributed by atoms with Crippen LogP contribution in [0.1, 0.15) is 6.42 Å². The Balaban J connectivity index is 2.16. The summed E-state index contributed by atoms with van der Waals surface area (Å²) in [5.74, 6) is 0.608. The van der Waals surface area contributed by atoms with E-state index in [1.54, 1.807) is 6.20 Å². The van der Waals surface area contributed by atoms with Gasteiger partial charge in [-0.2, -0.15) is 0 Å². The number of fused-ring (bicyclic) bond motifs is 1. The maximum Gasteiger partial charge on any atom is 0.227 e. The molecular formula is C13H9ClN2O. The van der Waals surface area contributed by atoms with Crippen LogP contribution in [-0.2, 0) is 0 Å². The molecule has 0 saturated carbocycles. The van der Waals surface area contributed by atoms with E-state index in [-0.39, 0.29) is 0 Å². The van der Waals surface area contributed by atoms with Crippen LogP contribution in [0.3, 0.4) is 0 Å². The molecule has 3 rings (SSSR count). The summed E-state index contributed by atoms with van der Waals surface area (Å²) < 4.78 is 5.69. The molecule has 0 atom stereocenters. The number of aliphatic imine (C=N–C) groups is 1. The lowest BCUT2D eigenvalue weighted by molar-refractivity contribution is 0.539. The van der Waals surface area contributed by atoms with Gasteiger partial charge in [-0.05, 0) is 18.2 Å². The molecule has 0 bridgehead atoms. The Labute approximate surface area is 103 Å². The Bertz CT molecular complexity index is 686. The Morgan fingerprint density at radius 3 is 2.82 bits per heavy atom. The first-order valence-electron chi connectivity index (χ1n) is 5.28. The summed E-state index contributed by atoms with van der Waals surface area (Å²) in [6, 6.07) is 9.78. The van der Waals surface area contributed by atoms with Crippen LogP contribution in [0.25, 0.3) is 23.7 Å². The molecule has 0 unspecified atom stereocenters. The van der Waals surface area contributed by atoms with E-state index in [1.165, 1.54) is 0 Å². The summed E-state index contributed by atoms with van der Waals surface area (Å²) in [6.07, 6.45) is 4.11. The van der Waals surface area contributed by atoms with E-state index < -0.39 is 0 Å². The predicted octanol–water partition coefficient (Wildman–Crippen LogP) is 1.90. The van der Waals surface area contributed by atoms with Gasteiger partial charge in [0.1, 0.15) is 10.5 Å². The quantitative estimate of drug-likeness (QED) is 0.769. The summed E-state index contributed by atoms with van der Waals surface area (Å²) in [7, 11) is 0. The van der Waals surface area contributed by atoms with E-state index in [2.05, 4.69) is 9.98 Å². The van der Waals surface area contributed by atoms with Crippen molar-refractivity contribution in [2.45, 2.75) is 6.42 Å². The van der Waals surface area contributed by atoms with Gasteiger partial charge in [-0.15, -0.1) is 0 Å². The van der Waals surface area contributed by atoms with Crippen LogP contribution in [-0.4, -0.2) is 10.2 Å². The molecule has 1 aliphatic rings. The van der Waals surface area contributed by atoms with Gasteiger partial charge in [0.2, 0.25) is 5.89 Å². The smallest absolute Gasteiger partial charge is 0.227 e. The van der Waals surface area contributed by atoms with Crippen molar-refractivity contribution in [3.8, 4) is 11.5 Å². The largest absolute Gasteiger partial charge is 0.436 e. The minimum Gasteiger partial charge on any atom is -0.436 e. The fourth-order valence-electron chi connectivity index (χ4n) is 1.65. The van der Waals surface area contributed by atoms with E-state index in [0.29, 0.717) is 17.5 Å². The van der Waals surface area contributed by atoms with Crippen LogP contribution in [0.5, 0.6) is 0 Å². The molecule has 0 amide bonds. The molecule has 1 aromatic heterocycles. The lowest BCUT2D eigenvalue weighted by Gasteiger charge is -1.92. The highest BCUT2D eigenvalue weighted by atomic mass is 35.5. The normalized spacial score (nSPS) is 14.1. The highest BCUT2D eigenvalue weighted by Gasteiger charge is 2.06. The second-order valence-corrected chi connectivity index (χ2v) is 4.11. The van der Waals surface area contributed by atoms with E-state index >= 15 is 0 Å². The minimum absolute atomic E-state index is 0.541. The second-order valence-electron chi connectivity index (χ2n) is 3.68. The first kappa shape index (κ1) is 10.3. The molecule has 0 saturated heterocycles. The summed E-state index contributed by atoms with van der Waals surface area (Å²) in [6.45, 7) is 0. The standard InChI is InChI=1S/C13H9ClN2O/c14-12-7-6-11-10(8-15-12)16-13(17-11)9-4-2-1-3-5-9/h1-6,8H,7H2. The van der Waals surface area contributed by atoms with Gasteiger partial charge in [0.05, 0.1) is 6.20 Å². The minimum atomic E-state index is 0.541. The third kappa shape index (κ3) is 2.01. The molecule has 0 spiro atoms. The fourth-order valence-corrected chi connectivity index (χ4v) is 1.77. The fraction of sp³-hybridized carbons (Fsp3) is 0.0769. The van der Waals surface area contributed by atoms with Crippen LogP contribution in [0.2, 0.25) is 0 Å². The van der Waals surface area contributed by atoms with Crippen LogP contribution in [0.4, 0.5) is 0 Å². The number of rotatable bonds is 1. The van der Waals surface area contributed by atoms with Gasteiger partial charge < -0.3 is 4.42 Å². The zero-order valence-electron chi connectivity index (χ0n) is 8.93. The molecule has 4 heteroatoms. The molecule has 0 aliphatic carbocycles. The molecular weight excluding hydrogens is 236 g/mol. The number of benzene rings is 1. The topological polar surface area (TPSA) is 38.4 Å². The molecule has 0 N–H and O–H groups in total. The van der Waals surface area contributed by atoms with E-state index in [9.17, 15) is 0 Å². The average Bonchev–Trinajstić information content (AvgIpc) is 2.71. The van der Waals surface area contributed by atoms with Gasteiger partial charge in [-0.25, -0.2) is 9.98 Å². The van der Waals surface area contributed by atoms with Crippen LogP contribution < -0.4 is 10.8 Å². The van der Waals surface area contributed by atoms with E-state index in [1.807, 2.05) is 36.4 Å². The molecule has 17 heavy (non-hydrogen) atoms. The Morgan fingerprint density at radius 2 is 2.00 bits per heavy atom. The molecule has 84 valence electrons. The number of hydrogen-bond donors (Lipinski definition) is 0. The molecule has 2 aromatic rings. The van der Waals surface area contributed by atoms with Crippen LogP contribution in [0, 0.1) is 0 Å². The van der Waals surface area contributed by atoms with Gasteiger partial charge in [0, 0.05) is 12.0 Å². The highest BCUT2D eigenvalue weighted by Crippen LogP contribution is 2.13. The van der Waals surface area contributed by atoms with Gasteiger partial charge in [0.15, 0.2) is 5.42 Å². The van der Waals surface area contributed by atoms with Crippen LogP contribution in [0.15, 0.2) is 39.7 Å². The lowest BCUT2D eigenvalue weighted by Crippen LogP contribution is -2.20. The van der Waals surface area contributed by atoms with Crippen molar-refractivity contribution in [1.29, 1.82) is 0 Å². The number of aromatic nitrogens is 1. The summed E-state index contributed by atoms with van der Waals surface area (Å²) in [5, 5.41) is 1.26. The number of hydrogen-bond acceptors (Lipinski definition) is 3. The molecule has 1 aromatic carbocycles. The number of halogens is 1. The van der Waals surface area contributed by atoms with Crippen molar-refractivity contribution in [3.63, 3.8) is 0 Å². The van der Waals surface area contributed by atoms with Gasteiger partial charge in [-0.1, -0.05) is 29.8 Å². The summed E-state index contributed by atoms with van der Waals surface area (Å²) in [5.41, 5.74) is 1.68. The van der Waals surface area contributed by atoms with Crippen molar-refractivity contribution >= 4 is 29.0 Å². The molecule has 0 fully saturated rings. The monoisotopic (exact) mass is 244 g/mol. The highest BCUT2D eigenvalue weighted by molar-refractivity contribution is 6.66. The first-order chi connectivity index (χ1) is 8.33. The van der Waals surface area contributed by atoms with E-state index in [4.69, 9.17) is 16.0 Å². The SMILES string of the molecule is ClC1=NC=c2nc(-c3ccccc3)oc2=CC1. The third-order valence-corrected chi connectivity index (χ3v) is 2.74. The maximum absolute atomic E-state index is 5.84. The van der Waals surface area contributed by atoms with Crippen molar-refractivity contribution in [2.24, 2.45) is 4.99 Å². The second kappa shape index (κ2) is 4.18. The zero-order chi connectivity index (χ0) is 11.7. The van der Waals surface area contributed by atoms with Crippen molar-refractivity contribution in [3.05, 3.63) is 41.1 Å². The van der Waals surface area contributed by atoms with Crippen LogP contribution >= 0.6 is 11.6 Å². The van der Waals surface area contributed by atoms with Crippen molar-refractivity contribution < 1.29 is 4.42 Å². The molecule has 3 nitrogen and oxygen atoms in total. The number of oxazole rings is 1. The summed E-state index contributed by atoms with van der Waals surface area (Å²) in [4.78, 5) is 8.47. The first-order valence-corrected chi connectivity index (χ1v) is 5.65. The number of nitrogens with zero attached hydrogens (tertiary/aromatic N) is 2. The Kier molecular flexibility index (Phi) is 2.53. The van der Waals surface area contributed by atoms with E-state index in [0.717, 1.165) is 16.3 Å². The van der Waals surface area contributed by atoms with Gasteiger partial charge in [0.25, 0.3) is 0 Å². The van der Waals surface area contributed by atoms with Gasteiger partial charge in [-0.3, -0.25) is 0 Å². The summed E-state index contributed by atoms with van der Waals surface area (Å²) >= 11 is 5.84. The maximum atomic E-state index is 5.84. The van der Waals surface area contributed by atoms with Crippen molar-refractivity contribution in [1.82, 2.24) is 4.98 Å². The molecule has 2 heterocycles. The predicted molar refractivity (Wildman–Crippen MR) is 68.0 cm³/mol. The van der Waals surface area contributed by atoms with Gasteiger partial charge >= 0.3 is 0 Å². The molecule has 0 radical (unpaired) electrons. The molecule has 1 aliphatic heterocycles. The zero-order valence-corrected chi connectivity index (χ0v) is 9.69. The Hall–Kier alpha value is -1.87. The Morgan fingerprint density at radius 1 is 1.18 bits per heavy atom. The lowest BCUT2D eigenvalue weighted by atomic mass is 10.2. The van der Waals surface area contributed by atoms with Crippen molar-refractivity contribution in [2.75, 3.05) is 0 Å². The third-order valence-electron chi connectivity index (χ3n) is 2.48.